The highest BCUT2D eigenvalue weighted by molar-refractivity contribution is 5.76. The topological polar surface area (TPSA) is 70.8 Å². The van der Waals surface area contributed by atoms with Crippen molar-refractivity contribution in [1.82, 2.24) is 0 Å². The third-order valence-corrected chi connectivity index (χ3v) is 2.30. The second kappa shape index (κ2) is 8.44. The van der Waals surface area contributed by atoms with Gasteiger partial charge in [-0.25, -0.2) is 0 Å². The van der Waals surface area contributed by atoms with Gasteiger partial charge in [0.25, 0.3) is 0 Å². The SMILES string of the molecule is COCCCOCCOC(=O)[C@H](N)C(C)(C)C. The number of carbonyl (C=O) groups excluding carboxylic acids is 1. The molecule has 0 heterocycles. The van der Waals surface area contributed by atoms with E-state index < -0.39 is 6.04 Å². The van der Waals surface area contributed by atoms with E-state index in [1.54, 1.807) is 7.11 Å². The van der Waals surface area contributed by atoms with Crippen LogP contribution < -0.4 is 5.73 Å². The lowest BCUT2D eigenvalue weighted by Gasteiger charge is -2.24. The quantitative estimate of drug-likeness (QED) is 0.511. The van der Waals surface area contributed by atoms with Gasteiger partial charge in [0, 0.05) is 20.3 Å². The molecule has 0 rings (SSSR count). The standard InChI is InChI=1S/C12H25NO4/c1-12(2,3)10(13)11(14)17-9-8-16-7-5-6-15-4/h10H,5-9,13H2,1-4H3/t10-/m0/s1. The van der Waals surface area contributed by atoms with E-state index >= 15 is 0 Å². The van der Waals surface area contributed by atoms with E-state index in [-0.39, 0.29) is 18.0 Å². The molecule has 0 aliphatic rings. The summed E-state index contributed by atoms with van der Waals surface area (Å²) in [5.74, 6) is -0.377. The van der Waals surface area contributed by atoms with Crippen LogP contribution in [-0.4, -0.2) is 45.5 Å². The molecule has 0 bridgehead atoms. The maximum atomic E-state index is 11.5. The smallest absolute Gasteiger partial charge is 0.323 e. The van der Waals surface area contributed by atoms with Crippen molar-refractivity contribution in [1.29, 1.82) is 0 Å². The molecule has 0 unspecified atom stereocenters. The normalized spacial score (nSPS) is 13.5. The van der Waals surface area contributed by atoms with Gasteiger partial charge in [-0.1, -0.05) is 20.8 Å². The molecule has 0 aromatic carbocycles. The van der Waals surface area contributed by atoms with Crippen LogP contribution in [0.25, 0.3) is 0 Å². The van der Waals surface area contributed by atoms with Gasteiger partial charge < -0.3 is 19.9 Å². The van der Waals surface area contributed by atoms with Crippen molar-refractivity contribution >= 4 is 5.97 Å². The van der Waals surface area contributed by atoms with Crippen LogP contribution in [0.3, 0.4) is 0 Å². The van der Waals surface area contributed by atoms with Crippen LogP contribution in [0.4, 0.5) is 0 Å². The van der Waals surface area contributed by atoms with E-state index in [9.17, 15) is 4.79 Å². The first kappa shape index (κ1) is 16.4. The third kappa shape index (κ3) is 8.12. The Balaban J connectivity index is 3.52. The van der Waals surface area contributed by atoms with Gasteiger partial charge >= 0.3 is 5.97 Å². The van der Waals surface area contributed by atoms with Crippen LogP contribution >= 0.6 is 0 Å². The number of esters is 1. The monoisotopic (exact) mass is 247 g/mol. The van der Waals surface area contributed by atoms with Gasteiger partial charge in [-0.2, -0.15) is 0 Å². The molecule has 0 saturated carbocycles. The second-order valence-corrected chi connectivity index (χ2v) is 4.97. The molecule has 17 heavy (non-hydrogen) atoms. The Kier molecular flexibility index (Phi) is 8.12. The average molecular weight is 247 g/mol. The van der Waals surface area contributed by atoms with Crippen LogP contribution in [0.1, 0.15) is 27.2 Å². The van der Waals surface area contributed by atoms with Gasteiger partial charge in [0.15, 0.2) is 0 Å². The van der Waals surface area contributed by atoms with Crippen molar-refractivity contribution in [2.24, 2.45) is 11.1 Å². The van der Waals surface area contributed by atoms with Crippen LogP contribution in [-0.2, 0) is 19.0 Å². The first-order valence-corrected chi connectivity index (χ1v) is 5.88. The Labute approximate surface area is 104 Å². The minimum absolute atomic E-state index is 0.246. The molecule has 2 N–H and O–H groups in total. The fraction of sp³-hybridized carbons (Fsp3) is 0.917. The predicted octanol–water partition coefficient (Wildman–Crippen LogP) is 0.956. The van der Waals surface area contributed by atoms with E-state index in [1.807, 2.05) is 20.8 Å². The van der Waals surface area contributed by atoms with Gasteiger partial charge in [0.05, 0.1) is 6.61 Å². The molecule has 5 nitrogen and oxygen atoms in total. The molecule has 0 aliphatic heterocycles. The van der Waals surface area contributed by atoms with Crippen LogP contribution in [0.5, 0.6) is 0 Å². The molecular weight excluding hydrogens is 222 g/mol. The van der Waals surface area contributed by atoms with Gasteiger partial charge in [-0.05, 0) is 11.8 Å². The Morgan fingerprint density at radius 2 is 1.82 bits per heavy atom. The Morgan fingerprint density at radius 3 is 2.35 bits per heavy atom. The number of carbonyl (C=O) groups is 1. The summed E-state index contributed by atoms with van der Waals surface area (Å²) < 4.78 is 15.1. The Bertz CT molecular complexity index is 213. The number of rotatable bonds is 8. The summed E-state index contributed by atoms with van der Waals surface area (Å²) in [6.07, 6.45) is 0.839. The molecule has 0 aliphatic carbocycles. The summed E-state index contributed by atoms with van der Waals surface area (Å²) in [7, 11) is 1.65. The van der Waals surface area contributed by atoms with E-state index in [2.05, 4.69) is 0 Å². The summed E-state index contributed by atoms with van der Waals surface area (Å²) >= 11 is 0. The first-order chi connectivity index (χ1) is 7.89. The van der Waals surface area contributed by atoms with E-state index in [4.69, 9.17) is 19.9 Å². The summed E-state index contributed by atoms with van der Waals surface area (Å²) in [6, 6.07) is -0.601. The van der Waals surface area contributed by atoms with E-state index in [0.29, 0.717) is 19.8 Å². The van der Waals surface area contributed by atoms with E-state index in [1.165, 1.54) is 0 Å². The average Bonchev–Trinajstić information content (AvgIpc) is 2.25. The maximum Gasteiger partial charge on any atom is 0.323 e. The fourth-order valence-corrected chi connectivity index (χ4v) is 1.05. The summed E-state index contributed by atoms with van der Waals surface area (Å²) in [5.41, 5.74) is 5.46. The largest absolute Gasteiger partial charge is 0.462 e. The van der Waals surface area contributed by atoms with E-state index in [0.717, 1.165) is 6.42 Å². The predicted molar refractivity (Wildman–Crippen MR) is 65.7 cm³/mol. The third-order valence-electron chi connectivity index (χ3n) is 2.30. The van der Waals surface area contributed by atoms with Crippen molar-refractivity contribution in [3.63, 3.8) is 0 Å². The molecule has 0 radical (unpaired) electrons. The molecule has 0 amide bonds. The van der Waals surface area contributed by atoms with Crippen molar-refractivity contribution in [2.45, 2.75) is 33.2 Å². The number of hydrogen-bond acceptors (Lipinski definition) is 5. The van der Waals surface area contributed by atoms with Crippen LogP contribution in [0.15, 0.2) is 0 Å². The molecular formula is C12H25NO4. The van der Waals surface area contributed by atoms with Crippen LogP contribution in [0.2, 0.25) is 0 Å². The molecule has 102 valence electrons. The van der Waals surface area contributed by atoms with Gasteiger partial charge in [-0.3, -0.25) is 4.79 Å². The molecule has 5 heteroatoms. The van der Waals surface area contributed by atoms with Crippen molar-refractivity contribution in [2.75, 3.05) is 33.5 Å². The van der Waals surface area contributed by atoms with Crippen molar-refractivity contribution in [3.05, 3.63) is 0 Å². The Hall–Kier alpha value is -0.650. The van der Waals surface area contributed by atoms with Gasteiger partial charge in [-0.15, -0.1) is 0 Å². The number of ether oxygens (including phenoxy) is 3. The summed E-state index contributed by atoms with van der Waals surface area (Å²) in [6.45, 7) is 7.63. The van der Waals surface area contributed by atoms with Crippen molar-refractivity contribution < 1.29 is 19.0 Å². The number of nitrogens with two attached hydrogens (primary N) is 1. The molecule has 0 saturated heterocycles. The zero-order chi connectivity index (χ0) is 13.3. The van der Waals surface area contributed by atoms with Gasteiger partial charge in [0.2, 0.25) is 0 Å². The fourth-order valence-electron chi connectivity index (χ4n) is 1.05. The number of hydrogen-bond donors (Lipinski definition) is 1. The minimum Gasteiger partial charge on any atom is -0.462 e. The van der Waals surface area contributed by atoms with Crippen molar-refractivity contribution in [3.8, 4) is 0 Å². The summed E-state index contributed by atoms with van der Waals surface area (Å²) in [4.78, 5) is 11.5. The Morgan fingerprint density at radius 1 is 1.18 bits per heavy atom. The minimum atomic E-state index is -0.601. The number of methoxy groups -OCH3 is 1. The highest BCUT2D eigenvalue weighted by Gasteiger charge is 2.28. The highest BCUT2D eigenvalue weighted by atomic mass is 16.6. The van der Waals surface area contributed by atoms with Crippen LogP contribution in [0, 0.1) is 5.41 Å². The molecule has 0 spiro atoms. The lowest BCUT2D eigenvalue weighted by Crippen LogP contribution is -2.43. The zero-order valence-corrected chi connectivity index (χ0v) is 11.3. The van der Waals surface area contributed by atoms with Gasteiger partial charge in [0.1, 0.15) is 12.6 Å². The second-order valence-electron chi connectivity index (χ2n) is 4.97. The molecule has 1 atom stereocenters. The lowest BCUT2D eigenvalue weighted by atomic mass is 9.87. The molecule has 0 aromatic rings. The summed E-state index contributed by atoms with van der Waals surface area (Å²) in [5, 5.41) is 0. The molecule has 0 aromatic heterocycles. The molecule has 0 fully saturated rings. The maximum absolute atomic E-state index is 11.5. The zero-order valence-electron chi connectivity index (χ0n) is 11.3. The highest BCUT2D eigenvalue weighted by Crippen LogP contribution is 2.17. The first-order valence-electron chi connectivity index (χ1n) is 5.88. The lowest BCUT2D eigenvalue weighted by molar-refractivity contribution is -0.149.